The zero-order valence-corrected chi connectivity index (χ0v) is 14.0. The zero-order chi connectivity index (χ0) is 16.7. The van der Waals surface area contributed by atoms with Crippen molar-refractivity contribution in [3.05, 3.63) is 36.0 Å². The lowest BCUT2D eigenvalue weighted by Crippen LogP contribution is -2.35. The largest absolute Gasteiger partial charge is 0.497 e. The lowest BCUT2D eigenvalue weighted by Gasteiger charge is -2.20. The van der Waals surface area contributed by atoms with Gasteiger partial charge in [-0.2, -0.15) is 5.10 Å². The molecule has 3 heterocycles. The number of likely N-dealkylation sites (tertiary alicyclic amines) is 2. The van der Waals surface area contributed by atoms with E-state index in [9.17, 15) is 4.79 Å². The Kier molecular flexibility index (Phi) is 3.76. The molecule has 0 unspecified atom stereocenters. The van der Waals surface area contributed by atoms with Crippen LogP contribution >= 0.6 is 0 Å². The van der Waals surface area contributed by atoms with Crippen LogP contribution in [0.1, 0.15) is 16.8 Å². The lowest BCUT2D eigenvalue weighted by molar-refractivity contribution is 0.0775. The molecule has 2 aromatic rings. The number of fused-ring (bicyclic) bond motifs is 1. The van der Waals surface area contributed by atoms with Crippen molar-refractivity contribution in [1.82, 2.24) is 20.0 Å². The van der Waals surface area contributed by atoms with Crippen LogP contribution in [0, 0.1) is 5.92 Å². The Hall–Kier alpha value is -2.34. The second kappa shape index (κ2) is 5.94. The summed E-state index contributed by atoms with van der Waals surface area (Å²) in [6.45, 7) is 2.79. The third-order valence-electron chi connectivity index (χ3n) is 5.34. The summed E-state index contributed by atoms with van der Waals surface area (Å²) < 4.78 is 5.28. The van der Waals surface area contributed by atoms with Crippen LogP contribution in [-0.4, -0.2) is 65.7 Å². The molecule has 126 valence electrons. The first-order valence-electron chi connectivity index (χ1n) is 8.34. The quantitative estimate of drug-likeness (QED) is 0.935. The number of benzene rings is 1. The number of hydrogen-bond acceptors (Lipinski definition) is 4. The third kappa shape index (κ3) is 2.47. The molecular formula is C18H22N4O2. The van der Waals surface area contributed by atoms with Crippen LogP contribution < -0.4 is 4.74 Å². The number of amides is 1. The van der Waals surface area contributed by atoms with Crippen LogP contribution in [0.2, 0.25) is 0 Å². The SMILES string of the molecule is COc1cccc(-c2[nH]ncc2C(=O)N2C[C@@H]3CCN(C)[C@@H]3C2)c1. The zero-order valence-electron chi connectivity index (χ0n) is 14.0. The summed E-state index contributed by atoms with van der Waals surface area (Å²) in [6.07, 6.45) is 2.81. The van der Waals surface area contributed by atoms with Crippen LogP contribution in [0.15, 0.2) is 30.5 Å². The summed E-state index contributed by atoms with van der Waals surface area (Å²) in [4.78, 5) is 17.4. The van der Waals surface area contributed by atoms with Gasteiger partial charge in [-0.25, -0.2) is 0 Å². The smallest absolute Gasteiger partial charge is 0.257 e. The minimum absolute atomic E-state index is 0.0596. The number of nitrogens with zero attached hydrogens (tertiary/aromatic N) is 3. The summed E-state index contributed by atoms with van der Waals surface area (Å²) in [7, 11) is 3.79. The van der Waals surface area contributed by atoms with Crippen molar-refractivity contribution >= 4 is 5.91 Å². The van der Waals surface area contributed by atoms with E-state index in [0.717, 1.165) is 36.6 Å². The van der Waals surface area contributed by atoms with Crippen LogP contribution in [-0.2, 0) is 0 Å². The second-order valence-electron chi connectivity index (χ2n) is 6.70. The van der Waals surface area contributed by atoms with E-state index in [2.05, 4.69) is 22.1 Å². The number of ether oxygens (including phenoxy) is 1. The maximum atomic E-state index is 13.0. The molecule has 1 aromatic heterocycles. The highest BCUT2D eigenvalue weighted by atomic mass is 16.5. The number of H-pyrrole nitrogens is 1. The van der Waals surface area contributed by atoms with Crippen molar-refractivity contribution in [2.45, 2.75) is 12.5 Å². The van der Waals surface area contributed by atoms with Gasteiger partial charge in [0, 0.05) is 24.7 Å². The molecule has 1 amide bonds. The van der Waals surface area contributed by atoms with E-state index >= 15 is 0 Å². The summed E-state index contributed by atoms with van der Waals surface area (Å²) in [5.41, 5.74) is 2.29. The van der Waals surface area contributed by atoms with Crippen molar-refractivity contribution in [2.24, 2.45) is 5.92 Å². The number of aromatic nitrogens is 2. The van der Waals surface area contributed by atoms with Gasteiger partial charge in [-0.1, -0.05) is 12.1 Å². The van der Waals surface area contributed by atoms with Crippen LogP contribution in [0.25, 0.3) is 11.3 Å². The molecule has 0 radical (unpaired) electrons. The standard InChI is InChI=1S/C18H22N4O2/c1-21-7-6-13-10-22(11-16(13)21)18(23)15-9-19-20-17(15)12-4-3-5-14(8-12)24-2/h3-5,8-9,13,16H,6-7,10-11H2,1-2H3,(H,19,20)/t13-,16+/m0/s1. The molecule has 0 spiro atoms. The number of carbonyl (C=O) groups is 1. The number of hydrogen-bond donors (Lipinski definition) is 1. The minimum atomic E-state index is 0.0596. The van der Waals surface area contributed by atoms with Crippen molar-refractivity contribution in [2.75, 3.05) is 33.8 Å². The fourth-order valence-corrected chi connectivity index (χ4v) is 3.96. The molecule has 0 aliphatic carbocycles. The Morgan fingerprint density at radius 1 is 1.38 bits per heavy atom. The molecule has 4 rings (SSSR count). The van der Waals surface area contributed by atoms with E-state index in [4.69, 9.17) is 4.74 Å². The Labute approximate surface area is 141 Å². The number of nitrogens with one attached hydrogen (secondary N) is 1. The molecule has 1 N–H and O–H groups in total. The summed E-state index contributed by atoms with van der Waals surface area (Å²) in [5.74, 6) is 1.42. The monoisotopic (exact) mass is 326 g/mol. The highest BCUT2D eigenvalue weighted by molar-refractivity contribution is 6.00. The first kappa shape index (κ1) is 15.2. The van der Waals surface area contributed by atoms with E-state index in [1.54, 1.807) is 13.3 Å². The van der Waals surface area contributed by atoms with Gasteiger partial charge >= 0.3 is 0 Å². The van der Waals surface area contributed by atoms with Gasteiger partial charge in [0.05, 0.1) is 24.6 Å². The first-order valence-corrected chi connectivity index (χ1v) is 8.34. The molecule has 2 aliphatic rings. The number of likely N-dealkylation sites (N-methyl/N-ethyl adjacent to an activating group) is 1. The van der Waals surface area contributed by atoms with Gasteiger partial charge in [0.2, 0.25) is 0 Å². The van der Waals surface area contributed by atoms with E-state index < -0.39 is 0 Å². The summed E-state index contributed by atoms with van der Waals surface area (Å²) in [5, 5.41) is 7.08. The predicted molar refractivity (Wildman–Crippen MR) is 91.0 cm³/mol. The van der Waals surface area contributed by atoms with Gasteiger partial charge < -0.3 is 14.5 Å². The van der Waals surface area contributed by atoms with Crippen molar-refractivity contribution in [3.63, 3.8) is 0 Å². The minimum Gasteiger partial charge on any atom is -0.497 e. The average molecular weight is 326 g/mol. The van der Waals surface area contributed by atoms with Crippen molar-refractivity contribution < 1.29 is 9.53 Å². The van der Waals surface area contributed by atoms with Gasteiger partial charge in [0.25, 0.3) is 5.91 Å². The van der Waals surface area contributed by atoms with Gasteiger partial charge in [-0.05, 0) is 38.1 Å². The van der Waals surface area contributed by atoms with Crippen LogP contribution in [0.4, 0.5) is 0 Å². The molecule has 2 aliphatic heterocycles. The first-order chi connectivity index (χ1) is 11.7. The summed E-state index contributed by atoms with van der Waals surface area (Å²) in [6, 6.07) is 8.18. The third-order valence-corrected chi connectivity index (χ3v) is 5.34. The van der Waals surface area contributed by atoms with E-state index in [1.807, 2.05) is 29.2 Å². The molecule has 6 heteroatoms. The normalized spacial score (nSPS) is 23.5. The Bertz CT molecular complexity index is 757. The fourth-order valence-electron chi connectivity index (χ4n) is 3.96. The maximum absolute atomic E-state index is 13.0. The maximum Gasteiger partial charge on any atom is 0.257 e. The van der Waals surface area contributed by atoms with Gasteiger partial charge in [0.15, 0.2) is 0 Å². The van der Waals surface area contributed by atoms with Gasteiger partial charge in [0.1, 0.15) is 5.75 Å². The highest BCUT2D eigenvalue weighted by Crippen LogP contribution is 2.32. The van der Waals surface area contributed by atoms with E-state index in [0.29, 0.717) is 17.5 Å². The molecule has 6 nitrogen and oxygen atoms in total. The number of carbonyl (C=O) groups excluding carboxylic acids is 1. The topological polar surface area (TPSA) is 61.5 Å². The van der Waals surface area contributed by atoms with Crippen LogP contribution in [0.3, 0.4) is 0 Å². The second-order valence-corrected chi connectivity index (χ2v) is 6.70. The highest BCUT2D eigenvalue weighted by Gasteiger charge is 2.41. The lowest BCUT2D eigenvalue weighted by atomic mass is 10.1. The number of methoxy groups -OCH3 is 1. The molecule has 2 saturated heterocycles. The molecule has 2 fully saturated rings. The molecule has 0 saturated carbocycles. The Morgan fingerprint density at radius 3 is 3.04 bits per heavy atom. The summed E-state index contributed by atoms with van der Waals surface area (Å²) >= 11 is 0. The molecule has 0 bridgehead atoms. The molecule has 2 atom stereocenters. The predicted octanol–water partition coefficient (Wildman–Crippen LogP) is 1.86. The number of aromatic amines is 1. The number of rotatable bonds is 3. The average Bonchev–Trinajstić information content (AvgIpc) is 3.31. The van der Waals surface area contributed by atoms with Gasteiger partial charge in [-0.15, -0.1) is 0 Å². The fraction of sp³-hybridized carbons (Fsp3) is 0.444. The molecular weight excluding hydrogens is 304 g/mol. The molecule has 1 aromatic carbocycles. The Balaban J connectivity index is 1.59. The van der Waals surface area contributed by atoms with Gasteiger partial charge in [-0.3, -0.25) is 9.89 Å². The molecule has 24 heavy (non-hydrogen) atoms. The Morgan fingerprint density at radius 2 is 2.25 bits per heavy atom. The van der Waals surface area contributed by atoms with Crippen molar-refractivity contribution in [1.29, 1.82) is 0 Å². The van der Waals surface area contributed by atoms with Crippen LogP contribution in [0.5, 0.6) is 5.75 Å². The van der Waals surface area contributed by atoms with E-state index in [-0.39, 0.29) is 5.91 Å². The van der Waals surface area contributed by atoms with E-state index in [1.165, 1.54) is 6.42 Å². The van der Waals surface area contributed by atoms with Crippen molar-refractivity contribution in [3.8, 4) is 17.0 Å².